The molecule has 0 radical (unpaired) electrons. The number of ether oxygens (including phenoxy) is 2. The zero-order valence-electron chi connectivity index (χ0n) is 15.8. The Hall–Kier alpha value is -2.45. The van der Waals surface area contributed by atoms with E-state index < -0.39 is 16.0 Å². The van der Waals surface area contributed by atoms with Crippen LogP contribution in [0, 0.1) is 0 Å². The van der Waals surface area contributed by atoms with Crippen LogP contribution in [0.1, 0.15) is 48.5 Å². The Bertz CT molecular complexity index is 906. The lowest BCUT2D eigenvalue weighted by molar-refractivity contribution is 0.0526. The number of pyridine rings is 1. The molecule has 1 aromatic carbocycles. The third kappa shape index (κ3) is 5.30. The largest absolute Gasteiger partial charge is 0.474 e. The van der Waals surface area contributed by atoms with Crippen LogP contribution in [-0.2, 0) is 21.3 Å². The third-order valence-electron chi connectivity index (χ3n) is 4.53. The van der Waals surface area contributed by atoms with Gasteiger partial charge in [0.2, 0.25) is 15.9 Å². The van der Waals surface area contributed by atoms with Gasteiger partial charge in [0.15, 0.2) is 0 Å². The van der Waals surface area contributed by atoms with Crippen molar-refractivity contribution >= 4 is 16.0 Å². The van der Waals surface area contributed by atoms with Crippen molar-refractivity contribution in [1.29, 1.82) is 0 Å². The maximum Gasteiger partial charge on any atom is 0.338 e. The highest BCUT2D eigenvalue weighted by atomic mass is 32.2. The van der Waals surface area contributed by atoms with Gasteiger partial charge >= 0.3 is 5.97 Å². The number of benzene rings is 1. The molecule has 1 aliphatic rings. The second-order valence-electron chi connectivity index (χ2n) is 6.60. The first kappa shape index (κ1) is 20.3. The van der Waals surface area contributed by atoms with E-state index in [9.17, 15) is 13.2 Å². The summed E-state index contributed by atoms with van der Waals surface area (Å²) < 4.78 is 38.3. The van der Waals surface area contributed by atoms with Gasteiger partial charge in [0, 0.05) is 18.8 Å². The van der Waals surface area contributed by atoms with Crippen LogP contribution in [0.3, 0.4) is 0 Å². The fourth-order valence-corrected chi connectivity index (χ4v) is 4.07. The fourth-order valence-electron chi connectivity index (χ4n) is 3.05. The minimum atomic E-state index is -3.71. The predicted octanol–water partition coefficient (Wildman–Crippen LogP) is 3.06. The smallest absolute Gasteiger partial charge is 0.338 e. The number of aromatic nitrogens is 1. The lowest BCUT2D eigenvalue weighted by Crippen LogP contribution is -2.23. The van der Waals surface area contributed by atoms with Crippen LogP contribution in [0.4, 0.5) is 0 Å². The summed E-state index contributed by atoms with van der Waals surface area (Å²) in [6.07, 6.45) is 6.19. The molecule has 8 heteroatoms. The van der Waals surface area contributed by atoms with E-state index in [0.29, 0.717) is 11.4 Å². The average molecular weight is 404 g/mol. The Morgan fingerprint density at radius 1 is 1.18 bits per heavy atom. The van der Waals surface area contributed by atoms with Crippen LogP contribution < -0.4 is 9.46 Å². The molecule has 28 heavy (non-hydrogen) atoms. The predicted molar refractivity (Wildman–Crippen MR) is 104 cm³/mol. The highest BCUT2D eigenvalue weighted by Gasteiger charge is 2.18. The molecule has 1 saturated carbocycles. The molecule has 0 atom stereocenters. The summed E-state index contributed by atoms with van der Waals surface area (Å²) in [6.45, 7) is 2.09. The molecule has 1 aromatic heterocycles. The van der Waals surface area contributed by atoms with Crippen molar-refractivity contribution in [1.82, 2.24) is 9.71 Å². The Morgan fingerprint density at radius 2 is 1.89 bits per heavy atom. The summed E-state index contributed by atoms with van der Waals surface area (Å²) in [5.74, 6) is 0.0355. The maximum atomic E-state index is 12.5. The molecule has 2 aromatic rings. The summed E-state index contributed by atoms with van der Waals surface area (Å²) >= 11 is 0. The van der Waals surface area contributed by atoms with Crippen LogP contribution in [0.5, 0.6) is 5.88 Å². The van der Waals surface area contributed by atoms with Crippen LogP contribution in [-0.4, -0.2) is 32.1 Å². The van der Waals surface area contributed by atoms with Crippen LogP contribution in [0.15, 0.2) is 47.5 Å². The van der Waals surface area contributed by atoms with Gasteiger partial charge in [-0.25, -0.2) is 22.9 Å². The minimum Gasteiger partial charge on any atom is -0.474 e. The molecular formula is C20H24N2O5S. The first-order valence-electron chi connectivity index (χ1n) is 9.36. The highest BCUT2D eigenvalue weighted by molar-refractivity contribution is 7.89. The Balaban J connectivity index is 1.62. The van der Waals surface area contributed by atoms with Crippen LogP contribution in [0.2, 0.25) is 0 Å². The number of nitrogens with zero attached hydrogens (tertiary/aromatic N) is 1. The standard InChI is InChI=1S/C20H24N2O5S/c1-2-26-20(23)16-7-9-18(10-8-16)28(24,25)22-14-15-11-12-21-19(13-15)27-17-5-3-4-6-17/h7-13,17,22H,2-6,14H2,1H3. The number of hydrogen-bond donors (Lipinski definition) is 1. The molecule has 1 fully saturated rings. The van der Waals surface area contributed by atoms with Crippen LogP contribution in [0.25, 0.3) is 0 Å². The van der Waals surface area contributed by atoms with E-state index in [0.717, 1.165) is 18.4 Å². The van der Waals surface area contributed by atoms with Gasteiger partial charge < -0.3 is 9.47 Å². The van der Waals surface area contributed by atoms with Gasteiger partial charge in [-0.15, -0.1) is 0 Å². The second-order valence-corrected chi connectivity index (χ2v) is 8.36. The molecule has 0 aliphatic heterocycles. The lowest BCUT2D eigenvalue weighted by atomic mass is 10.2. The second kappa shape index (κ2) is 9.16. The van der Waals surface area contributed by atoms with Crippen molar-refractivity contribution in [3.63, 3.8) is 0 Å². The fraction of sp³-hybridized carbons (Fsp3) is 0.400. The molecule has 0 spiro atoms. The summed E-state index contributed by atoms with van der Waals surface area (Å²) in [5, 5.41) is 0. The van der Waals surface area contributed by atoms with Crippen molar-refractivity contribution in [3.8, 4) is 5.88 Å². The Kier molecular flexibility index (Phi) is 6.64. The first-order chi connectivity index (χ1) is 13.5. The third-order valence-corrected chi connectivity index (χ3v) is 5.95. The molecule has 0 bridgehead atoms. The topological polar surface area (TPSA) is 94.6 Å². The quantitative estimate of drug-likeness (QED) is 0.680. The number of esters is 1. The molecule has 0 saturated heterocycles. The molecule has 0 unspecified atom stereocenters. The number of nitrogens with one attached hydrogen (secondary N) is 1. The van der Waals surface area contributed by atoms with E-state index in [2.05, 4.69) is 9.71 Å². The summed E-state index contributed by atoms with van der Waals surface area (Å²) in [4.78, 5) is 16.0. The molecule has 0 amide bonds. The van der Waals surface area contributed by atoms with Crippen LogP contribution >= 0.6 is 0 Å². The molecule has 7 nitrogen and oxygen atoms in total. The number of carbonyl (C=O) groups is 1. The molecule has 1 N–H and O–H groups in total. The zero-order chi connectivity index (χ0) is 20.0. The van der Waals surface area contributed by atoms with Gasteiger partial charge in [-0.2, -0.15) is 0 Å². The van der Waals surface area contributed by atoms with Gasteiger partial charge in [0.25, 0.3) is 0 Å². The highest BCUT2D eigenvalue weighted by Crippen LogP contribution is 2.23. The maximum absolute atomic E-state index is 12.5. The van der Waals surface area contributed by atoms with Gasteiger partial charge in [0.1, 0.15) is 6.10 Å². The van der Waals surface area contributed by atoms with Crippen molar-refractivity contribution in [2.24, 2.45) is 0 Å². The molecular weight excluding hydrogens is 380 g/mol. The van der Waals surface area contributed by atoms with Gasteiger partial charge in [-0.05, 0) is 68.5 Å². The van der Waals surface area contributed by atoms with E-state index in [1.54, 1.807) is 25.3 Å². The average Bonchev–Trinajstić information content (AvgIpc) is 3.20. The number of hydrogen-bond acceptors (Lipinski definition) is 6. The van der Waals surface area contributed by atoms with E-state index in [1.807, 2.05) is 0 Å². The van der Waals surface area contributed by atoms with Crippen molar-refractivity contribution in [2.45, 2.75) is 50.2 Å². The molecule has 1 aliphatic carbocycles. The Labute approximate surface area is 165 Å². The lowest BCUT2D eigenvalue weighted by Gasteiger charge is -2.13. The van der Waals surface area contributed by atoms with Crippen molar-refractivity contribution in [2.75, 3.05) is 6.61 Å². The molecule has 3 rings (SSSR count). The first-order valence-corrected chi connectivity index (χ1v) is 10.8. The number of rotatable bonds is 8. The van der Waals surface area contributed by atoms with Gasteiger partial charge in [-0.3, -0.25) is 0 Å². The van der Waals surface area contributed by atoms with E-state index >= 15 is 0 Å². The summed E-state index contributed by atoms with van der Waals surface area (Å²) in [6, 6.07) is 9.14. The van der Waals surface area contributed by atoms with E-state index in [4.69, 9.17) is 9.47 Å². The molecule has 1 heterocycles. The number of carbonyl (C=O) groups excluding carboxylic acids is 1. The molecule has 150 valence electrons. The Morgan fingerprint density at radius 3 is 2.57 bits per heavy atom. The van der Waals surface area contributed by atoms with Gasteiger partial charge in [-0.1, -0.05) is 0 Å². The monoisotopic (exact) mass is 404 g/mol. The minimum absolute atomic E-state index is 0.0806. The SMILES string of the molecule is CCOC(=O)c1ccc(S(=O)(=O)NCc2ccnc(OC3CCCC3)c2)cc1. The van der Waals surface area contributed by atoms with Gasteiger partial charge in [0.05, 0.1) is 17.1 Å². The van der Waals surface area contributed by atoms with E-state index in [-0.39, 0.29) is 24.2 Å². The zero-order valence-corrected chi connectivity index (χ0v) is 16.6. The summed E-state index contributed by atoms with van der Waals surface area (Å²) in [7, 11) is -3.71. The van der Waals surface area contributed by atoms with Crippen molar-refractivity contribution < 1.29 is 22.7 Å². The normalized spacial score (nSPS) is 14.8. The number of sulfonamides is 1. The van der Waals surface area contributed by atoms with E-state index in [1.165, 1.54) is 37.1 Å². The van der Waals surface area contributed by atoms with Crippen molar-refractivity contribution in [3.05, 3.63) is 53.7 Å². The summed E-state index contributed by atoms with van der Waals surface area (Å²) in [5.41, 5.74) is 1.07.